The maximum Gasteiger partial charge on any atom is 0.172 e. The summed E-state index contributed by atoms with van der Waals surface area (Å²) in [5.41, 5.74) is 6.23. The monoisotopic (exact) mass is 225 g/mol. The molecule has 0 aliphatic heterocycles. The zero-order valence-electron chi connectivity index (χ0n) is 9.06. The van der Waals surface area contributed by atoms with E-state index in [1.165, 1.54) is 0 Å². The van der Waals surface area contributed by atoms with Gasteiger partial charge < -0.3 is 10.9 Å². The van der Waals surface area contributed by atoms with E-state index in [2.05, 4.69) is 30.9 Å². The standard InChI is InChI=1S/C10H15N3OS/c1-10(2,3)15-9-7(8(11)13-14)5-4-6-12-9/h4-6,14H,1-3H3,(H2,11,13). The predicted molar refractivity (Wildman–Crippen MR) is 62.4 cm³/mol. The molecular weight excluding hydrogens is 210 g/mol. The molecule has 0 saturated heterocycles. The van der Waals surface area contributed by atoms with E-state index in [1.807, 2.05) is 0 Å². The van der Waals surface area contributed by atoms with Crippen molar-refractivity contribution < 1.29 is 5.21 Å². The maximum absolute atomic E-state index is 8.64. The fourth-order valence-corrected chi connectivity index (χ4v) is 1.99. The normalized spacial score (nSPS) is 12.9. The van der Waals surface area contributed by atoms with Gasteiger partial charge in [-0.3, -0.25) is 0 Å². The average Bonchev–Trinajstić information content (AvgIpc) is 2.15. The van der Waals surface area contributed by atoms with Crippen molar-refractivity contribution in [3.8, 4) is 0 Å². The summed E-state index contributed by atoms with van der Waals surface area (Å²) in [5.74, 6) is 0.0925. The highest BCUT2D eigenvalue weighted by Gasteiger charge is 2.17. The molecule has 0 radical (unpaired) electrons. The highest BCUT2D eigenvalue weighted by molar-refractivity contribution is 8.00. The molecule has 15 heavy (non-hydrogen) atoms. The number of rotatable bonds is 2. The van der Waals surface area contributed by atoms with Gasteiger partial charge >= 0.3 is 0 Å². The Kier molecular flexibility index (Phi) is 3.57. The molecule has 82 valence electrons. The van der Waals surface area contributed by atoms with Gasteiger partial charge in [-0.25, -0.2) is 4.98 Å². The third-order valence-electron chi connectivity index (χ3n) is 1.56. The molecule has 0 unspecified atom stereocenters. The van der Waals surface area contributed by atoms with Crippen LogP contribution in [0.15, 0.2) is 28.5 Å². The van der Waals surface area contributed by atoms with Gasteiger partial charge in [-0.05, 0) is 12.1 Å². The number of nitrogens with zero attached hydrogens (tertiary/aromatic N) is 2. The lowest BCUT2D eigenvalue weighted by Crippen LogP contribution is -2.16. The van der Waals surface area contributed by atoms with E-state index >= 15 is 0 Å². The molecule has 1 rings (SSSR count). The van der Waals surface area contributed by atoms with Crippen LogP contribution in [0, 0.1) is 0 Å². The molecule has 0 fully saturated rings. The molecule has 1 heterocycles. The van der Waals surface area contributed by atoms with Crippen LogP contribution in [0.3, 0.4) is 0 Å². The summed E-state index contributed by atoms with van der Waals surface area (Å²) in [6, 6.07) is 3.55. The van der Waals surface area contributed by atoms with Crippen molar-refractivity contribution in [2.45, 2.75) is 30.5 Å². The first-order chi connectivity index (χ1) is 6.94. The van der Waals surface area contributed by atoms with Crippen molar-refractivity contribution in [3.63, 3.8) is 0 Å². The molecule has 0 saturated carbocycles. The minimum Gasteiger partial charge on any atom is -0.409 e. The first-order valence-electron chi connectivity index (χ1n) is 4.56. The Morgan fingerprint density at radius 1 is 1.53 bits per heavy atom. The van der Waals surface area contributed by atoms with Crippen LogP contribution in [0.5, 0.6) is 0 Å². The molecular formula is C10H15N3OS. The molecule has 1 aromatic heterocycles. The lowest BCUT2D eigenvalue weighted by Gasteiger charge is -2.18. The lowest BCUT2D eigenvalue weighted by atomic mass is 10.2. The quantitative estimate of drug-likeness (QED) is 0.266. The van der Waals surface area contributed by atoms with E-state index in [4.69, 9.17) is 10.9 Å². The van der Waals surface area contributed by atoms with Gasteiger partial charge in [0.2, 0.25) is 0 Å². The number of oxime groups is 1. The van der Waals surface area contributed by atoms with Crippen molar-refractivity contribution in [1.82, 2.24) is 4.98 Å². The Morgan fingerprint density at radius 3 is 2.73 bits per heavy atom. The minimum absolute atomic E-state index is 0.0405. The van der Waals surface area contributed by atoms with Crippen LogP contribution in [-0.2, 0) is 0 Å². The number of aromatic nitrogens is 1. The Hall–Kier alpha value is -1.23. The van der Waals surface area contributed by atoms with Crippen molar-refractivity contribution in [1.29, 1.82) is 0 Å². The number of nitrogens with two attached hydrogens (primary N) is 1. The van der Waals surface area contributed by atoms with E-state index in [1.54, 1.807) is 30.1 Å². The number of pyridine rings is 1. The summed E-state index contributed by atoms with van der Waals surface area (Å²) in [6.07, 6.45) is 1.70. The highest BCUT2D eigenvalue weighted by Crippen LogP contribution is 2.32. The lowest BCUT2D eigenvalue weighted by molar-refractivity contribution is 0.318. The molecule has 5 heteroatoms. The maximum atomic E-state index is 8.64. The highest BCUT2D eigenvalue weighted by atomic mass is 32.2. The van der Waals surface area contributed by atoms with Gasteiger partial charge in [-0.1, -0.05) is 37.7 Å². The molecule has 0 amide bonds. The topological polar surface area (TPSA) is 71.5 Å². The molecule has 0 spiro atoms. The van der Waals surface area contributed by atoms with Gasteiger partial charge in [-0.2, -0.15) is 0 Å². The summed E-state index contributed by atoms with van der Waals surface area (Å²) >= 11 is 1.59. The van der Waals surface area contributed by atoms with Gasteiger partial charge in [0.1, 0.15) is 5.03 Å². The van der Waals surface area contributed by atoms with E-state index in [0.717, 1.165) is 5.03 Å². The number of hydrogen-bond donors (Lipinski definition) is 2. The second-order valence-corrected chi connectivity index (χ2v) is 5.87. The Bertz CT molecular complexity index is 371. The van der Waals surface area contributed by atoms with Gasteiger partial charge in [0.15, 0.2) is 5.84 Å². The molecule has 0 atom stereocenters. The van der Waals surface area contributed by atoms with Crippen molar-refractivity contribution in [2.75, 3.05) is 0 Å². The van der Waals surface area contributed by atoms with E-state index in [-0.39, 0.29) is 10.6 Å². The summed E-state index contributed by atoms with van der Waals surface area (Å²) in [5, 5.41) is 12.4. The molecule has 4 nitrogen and oxygen atoms in total. The number of thioether (sulfide) groups is 1. The predicted octanol–water partition coefficient (Wildman–Crippen LogP) is 2.07. The van der Waals surface area contributed by atoms with E-state index in [0.29, 0.717) is 5.56 Å². The number of amidine groups is 1. The van der Waals surface area contributed by atoms with Crippen molar-refractivity contribution in [3.05, 3.63) is 23.9 Å². The third kappa shape index (κ3) is 3.43. The molecule has 0 aromatic carbocycles. The van der Waals surface area contributed by atoms with Gasteiger partial charge in [0.05, 0.1) is 5.56 Å². The molecule has 0 bridgehead atoms. The molecule has 0 aliphatic carbocycles. The minimum atomic E-state index is 0.0405. The van der Waals surface area contributed by atoms with Crippen LogP contribution in [0.2, 0.25) is 0 Å². The molecule has 0 aliphatic rings. The largest absolute Gasteiger partial charge is 0.409 e. The zero-order chi connectivity index (χ0) is 11.5. The average molecular weight is 225 g/mol. The van der Waals surface area contributed by atoms with E-state index in [9.17, 15) is 0 Å². The summed E-state index contributed by atoms with van der Waals surface area (Å²) in [6.45, 7) is 6.26. The van der Waals surface area contributed by atoms with Gasteiger partial charge in [0, 0.05) is 10.9 Å². The van der Waals surface area contributed by atoms with Crippen LogP contribution in [0.1, 0.15) is 26.3 Å². The van der Waals surface area contributed by atoms with Crippen molar-refractivity contribution >= 4 is 17.6 Å². The number of hydrogen-bond acceptors (Lipinski definition) is 4. The van der Waals surface area contributed by atoms with Crippen LogP contribution >= 0.6 is 11.8 Å². The Morgan fingerprint density at radius 2 is 2.20 bits per heavy atom. The second-order valence-electron chi connectivity index (χ2n) is 4.06. The van der Waals surface area contributed by atoms with Crippen LogP contribution in [0.25, 0.3) is 0 Å². The SMILES string of the molecule is CC(C)(C)Sc1ncccc1/C(N)=N/O. The second kappa shape index (κ2) is 4.53. The Labute approximate surface area is 93.6 Å². The summed E-state index contributed by atoms with van der Waals surface area (Å²) in [4.78, 5) is 4.22. The fourth-order valence-electron chi connectivity index (χ4n) is 1.01. The molecule has 3 N–H and O–H groups in total. The van der Waals surface area contributed by atoms with E-state index < -0.39 is 0 Å². The Balaban J connectivity index is 3.07. The van der Waals surface area contributed by atoms with Crippen LogP contribution in [0.4, 0.5) is 0 Å². The fraction of sp³-hybridized carbons (Fsp3) is 0.400. The zero-order valence-corrected chi connectivity index (χ0v) is 9.88. The molecule has 1 aromatic rings. The summed E-state index contributed by atoms with van der Waals surface area (Å²) < 4.78 is 0.0405. The van der Waals surface area contributed by atoms with Gasteiger partial charge in [-0.15, -0.1) is 0 Å². The first kappa shape index (κ1) is 11.8. The summed E-state index contributed by atoms with van der Waals surface area (Å²) in [7, 11) is 0. The first-order valence-corrected chi connectivity index (χ1v) is 5.37. The van der Waals surface area contributed by atoms with Crippen molar-refractivity contribution in [2.24, 2.45) is 10.9 Å². The smallest absolute Gasteiger partial charge is 0.172 e. The van der Waals surface area contributed by atoms with Crippen LogP contribution < -0.4 is 5.73 Å². The van der Waals surface area contributed by atoms with Gasteiger partial charge in [0.25, 0.3) is 0 Å². The third-order valence-corrected chi connectivity index (χ3v) is 2.69. The van der Waals surface area contributed by atoms with Crippen LogP contribution in [-0.4, -0.2) is 20.8 Å².